The van der Waals surface area contributed by atoms with E-state index in [2.05, 4.69) is 10.1 Å². The Balaban J connectivity index is 3.15. The molecule has 1 rings (SSSR count). The van der Waals surface area contributed by atoms with Gasteiger partial charge in [-0.1, -0.05) is 0 Å². The number of ether oxygens (including phenoxy) is 3. The molecule has 0 bridgehead atoms. The minimum absolute atomic E-state index is 0.436. The molecule has 0 heterocycles. The maximum absolute atomic E-state index is 11.3. The van der Waals surface area contributed by atoms with Gasteiger partial charge in [0.15, 0.2) is 11.5 Å². The Morgan fingerprint density at radius 2 is 1.83 bits per heavy atom. The summed E-state index contributed by atoms with van der Waals surface area (Å²) in [5.74, 6) is 1.56. The molecule has 1 aromatic rings. The van der Waals surface area contributed by atoms with Crippen LogP contribution in [0.5, 0.6) is 11.5 Å². The lowest BCUT2D eigenvalue weighted by Gasteiger charge is -2.14. The molecule has 0 fully saturated rings. The second-order valence-corrected chi connectivity index (χ2v) is 3.80. The van der Waals surface area contributed by atoms with Gasteiger partial charge in [0.05, 0.1) is 27.0 Å². The summed E-state index contributed by atoms with van der Waals surface area (Å²) in [6.07, 6.45) is 0.0550. The largest absolute Gasteiger partial charge is 0.493 e. The average Bonchev–Trinajstić information content (AvgIpc) is 2.40. The molecule has 0 saturated heterocycles. The van der Waals surface area contributed by atoms with Gasteiger partial charge >= 0.3 is 6.09 Å². The van der Waals surface area contributed by atoms with Crippen LogP contribution in [0.15, 0.2) is 12.1 Å². The lowest BCUT2D eigenvalue weighted by molar-refractivity contribution is 0.187. The van der Waals surface area contributed by atoms with Gasteiger partial charge in [0.25, 0.3) is 0 Å². The summed E-state index contributed by atoms with van der Waals surface area (Å²) in [7, 11) is 4.38. The number of carbonyl (C=O) groups excluding carboxylic acids is 1. The third-order valence-corrected chi connectivity index (χ3v) is 2.58. The van der Waals surface area contributed by atoms with Crippen LogP contribution in [0, 0.1) is 0 Å². The van der Waals surface area contributed by atoms with Crippen LogP contribution in [0.4, 0.5) is 10.5 Å². The number of hydrogen-bond acceptors (Lipinski definition) is 4. The van der Waals surface area contributed by atoms with Crippen LogP contribution in [0.1, 0.15) is 5.56 Å². The molecule has 18 heavy (non-hydrogen) atoms. The highest BCUT2D eigenvalue weighted by atomic mass is 35.5. The van der Waals surface area contributed by atoms with Crippen LogP contribution in [-0.4, -0.2) is 33.3 Å². The molecule has 0 unspecified atom stereocenters. The van der Waals surface area contributed by atoms with E-state index in [0.29, 0.717) is 29.5 Å². The van der Waals surface area contributed by atoms with Gasteiger partial charge in [0, 0.05) is 11.9 Å². The van der Waals surface area contributed by atoms with E-state index >= 15 is 0 Å². The number of halogens is 1. The predicted octanol–water partition coefficient (Wildman–Crippen LogP) is 2.66. The molecule has 0 saturated carbocycles. The van der Waals surface area contributed by atoms with Gasteiger partial charge < -0.3 is 14.2 Å². The summed E-state index contributed by atoms with van der Waals surface area (Å²) in [6.45, 7) is 0. The van der Waals surface area contributed by atoms with E-state index in [-0.39, 0.29) is 0 Å². The lowest BCUT2D eigenvalue weighted by atomic mass is 10.1. The summed E-state index contributed by atoms with van der Waals surface area (Å²) in [5.41, 5.74) is 1.45. The summed E-state index contributed by atoms with van der Waals surface area (Å²) in [6, 6.07) is 3.46. The van der Waals surface area contributed by atoms with Crippen molar-refractivity contribution in [3.05, 3.63) is 17.7 Å². The van der Waals surface area contributed by atoms with Crippen LogP contribution in [0.3, 0.4) is 0 Å². The highest BCUT2D eigenvalue weighted by molar-refractivity contribution is 6.18. The minimum atomic E-state index is -0.543. The number of benzene rings is 1. The van der Waals surface area contributed by atoms with Gasteiger partial charge in [-0.25, -0.2) is 4.79 Å². The Labute approximate surface area is 111 Å². The molecular formula is C12H16ClNO4. The van der Waals surface area contributed by atoms with Crippen molar-refractivity contribution >= 4 is 23.4 Å². The molecule has 0 aromatic heterocycles. The Bertz CT molecular complexity index is 423. The second-order valence-electron chi connectivity index (χ2n) is 3.42. The molecule has 0 atom stereocenters. The Morgan fingerprint density at radius 1 is 1.22 bits per heavy atom. The number of amides is 1. The molecule has 100 valence electrons. The van der Waals surface area contributed by atoms with Crippen molar-refractivity contribution < 1.29 is 19.0 Å². The molecular weight excluding hydrogens is 258 g/mol. The normalized spacial score (nSPS) is 9.78. The molecule has 1 amide bonds. The molecule has 0 radical (unpaired) electrons. The van der Waals surface area contributed by atoms with Crippen LogP contribution < -0.4 is 14.8 Å². The fourth-order valence-electron chi connectivity index (χ4n) is 1.51. The summed E-state index contributed by atoms with van der Waals surface area (Å²) in [4.78, 5) is 11.3. The zero-order valence-electron chi connectivity index (χ0n) is 10.6. The van der Waals surface area contributed by atoms with E-state index in [1.807, 2.05) is 0 Å². The highest BCUT2D eigenvalue weighted by Crippen LogP contribution is 2.33. The minimum Gasteiger partial charge on any atom is -0.493 e. The fraction of sp³-hybridized carbons (Fsp3) is 0.417. The van der Waals surface area contributed by atoms with E-state index in [1.54, 1.807) is 19.2 Å². The first-order valence-corrected chi connectivity index (χ1v) is 5.85. The molecule has 5 nitrogen and oxygen atoms in total. The molecule has 0 aliphatic heterocycles. The number of methoxy groups -OCH3 is 3. The zero-order chi connectivity index (χ0) is 13.5. The first kappa shape index (κ1) is 14.4. The number of anilines is 1. The van der Waals surface area contributed by atoms with Crippen molar-refractivity contribution in [2.75, 3.05) is 32.5 Å². The van der Waals surface area contributed by atoms with Crippen LogP contribution in [-0.2, 0) is 11.2 Å². The maximum Gasteiger partial charge on any atom is 0.411 e. The third kappa shape index (κ3) is 3.43. The maximum atomic E-state index is 11.3. The molecule has 6 heteroatoms. The first-order valence-electron chi connectivity index (χ1n) is 5.32. The molecule has 1 N–H and O–H groups in total. The topological polar surface area (TPSA) is 56.8 Å². The van der Waals surface area contributed by atoms with E-state index < -0.39 is 6.09 Å². The van der Waals surface area contributed by atoms with Crippen molar-refractivity contribution in [3.63, 3.8) is 0 Å². The van der Waals surface area contributed by atoms with Crippen molar-refractivity contribution in [2.24, 2.45) is 0 Å². The standard InChI is InChI=1S/C12H16ClNO4/c1-16-10-6-8(4-5-13)9(7-11(10)17-2)14-12(15)18-3/h6-7H,4-5H2,1-3H3,(H,14,15). The monoisotopic (exact) mass is 273 g/mol. The van der Waals surface area contributed by atoms with E-state index in [0.717, 1.165) is 5.56 Å². The van der Waals surface area contributed by atoms with Gasteiger partial charge in [0.2, 0.25) is 0 Å². The highest BCUT2D eigenvalue weighted by Gasteiger charge is 2.13. The van der Waals surface area contributed by atoms with Crippen molar-refractivity contribution in [1.29, 1.82) is 0 Å². The average molecular weight is 274 g/mol. The summed E-state index contributed by atoms with van der Waals surface area (Å²) in [5, 5.41) is 2.62. The summed E-state index contributed by atoms with van der Waals surface area (Å²) >= 11 is 5.73. The van der Waals surface area contributed by atoms with Crippen molar-refractivity contribution in [1.82, 2.24) is 0 Å². The van der Waals surface area contributed by atoms with Gasteiger partial charge in [-0.15, -0.1) is 11.6 Å². The van der Waals surface area contributed by atoms with Crippen molar-refractivity contribution in [3.8, 4) is 11.5 Å². The molecule has 0 aliphatic rings. The Morgan fingerprint density at radius 3 is 2.33 bits per heavy atom. The second kappa shape index (κ2) is 6.96. The number of rotatable bonds is 5. The first-order chi connectivity index (χ1) is 8.65. The fourth-order valence-corrected chi connectivity index (χ4v) is 1.71. The number of alkyl halides is 1. The Kier molecular flexibility index (Phi) is 5.58. The lowest BCUT2D eigenvalue weighted by Crippen LogP contribution is -2.13. The quantitative estimate of drug-likeness (QED) is 0.838. The number of aryl methyl sites for hydroxylation is 1. The Hall–Kier alpha value is -1.62. The summed E-state index contributed by atoms with van der Waals surface area (Å²) < 4.78 is 14.9. The molecule has 0 aliphatic carbocycles. The van der Waals surface area contributed by atoms with E-state index in [9.17, 15) is 4.79 Å². The zero-order valence-corrected chi connectivity index (χ0v) is 11.3. The van der Waals surface area contributed by atoms with Gasteiger partial charge in [-0.3, -0.25) is 5.32 Å². The van der Waals surface area contributed by atoms with Crippen LogP contribution in [0.25, 0.3) is 0 Å². The number of nitrogens with one attached hydrogen (secondary N) is 1. The van der Waals surface area contributed by atoms with E-state index in [4.69, 9.17) is 21.1 Å². The van der Waals surface area contributed by atoms with Gasteiger partial charge in [-0.05, 0) is 18.1 Å². The van der Waals surface area contributed by atoms with Gasteiger partial charge in [0.1, 0.15) is 0 Å². The van der Waals surface area contributed by atoms with E-state index in [1.165, 1.54) is 14.2 Å². The third-order valence-electron chi connectivity index (χ3n) is 2.40. The molecule has 1 aromatic carbocycles. The van der Waals surface area contributed by atoms with Crippen LogP contribution >= 0.6 is 11.6 Å². The smallest absolute Gasteiger partial charge is 0.411 e. The number of hydrogen-bond donors (Lipinski definition) is 1. The predicted molar refractivity (Wildman–Crippen MR) is 70.0 cm³/mol. The van der Waals surface area contributed by atoms with Crippen LogP contribution in [0.2, 0.25) is 0 Å². The van der Waals surface area contributed by atoms with Gasteiger partial charge in [-0.2, -0.15) is 0 Å². The number of carbonyl (C=O) groups is 1. The van der Waals surface area contributed by atoms with Crippen molar-refractivity contribution in [2.45, 2.75) is 6.42 Å². The molecule has 0 spiro atoms. The SMILES string of the molecule is COC(=O)Nc1cc(OC)c(OC)cc1CCCl.